The SMILES string of the molecule is Cc1ccc2c(c1)[nH]c(=S)n2Cc1ccccn1. The first-order valence-electron chi connectivity index (χ1n) is 5.83. The second-order valence-electron chi connectivity index (χ2n) is 4.36. The number of fused-ring (bicyclic) bond motifs is 1. The summed E-state index contributed by atoms with van der Waals surface area (Å²) in [5.41, 5.74) is 4.44. The quantitative estimate of drug-likeness (QED) is 0.712. The molecule has 3 nitrogen and oxygen atoms in total. The van der Waals surface area contributed by atoms with E-state index in [9.17, 15) is 0 Å². The van der Waals surface area contributed by atoms with Crippen molar-refractivity contribution in [2.24, 2.45) is 0 Å². The number of H-pyrrole nitrogens is 1. The third-order valence-corrected chi connectivity index (χ3v) is 3.30. The molecule has 0 radical (unpaired) electrons. The van der Waals surface area contributed by atoms with Crippen molar-refractivity contribution < 1.29 is 0 Å². The van der Waals surface area contributed by atoms with Crippen LogP contribution in [-0.4, -0.2) is 14.5 Å². The minimum Gasteiger partial charge on any atom is -0.331 e. The van der Waals surface area contributed by atoms with Crippen LogP contribution < -0.4 is 0 Å². The summed E-state index contributed by atoms with van der Waals surface area (Å²) in [7, 11) is 0. The molecule has 1 N–H and O–H groups in total. The van der Waals surface area contributed by atoms with Gasteiger partial charge in [-0.3, -0.25) is 4.98 Å². The Bertz CT molecular complexity index is 741. The number of hydrogen-bond acceptors (Lipinski definition) is 2. The predicted molar refractivity (Wildman–Crippen MR) is 75.2 cm³/mol. The van der Waals surface area contributed by atoms with E-state index in [-0.39, 0.29) is 0 Å². The number of imidazole rings is 1. The summed E-state index contributed by atoms with van der Waals surface area (Å²) in [5, 5.41) is 0. The molecule has 0 aliphatic heterocycles. The highest BCUT2D eigenvalue weighted by Crippen LogP contribution is 2.16. The van der Waals surface area contributed by atoms with Crippen LogP contribution in [0.2, 0.25) is 0 Å². The summed E-state index contributed by atoms with van der Waals surface area (Å²) in [6, 6.07) is 12.2. The molecule has 4 heteroatoms. The highest BCUT2D eigenvalue weighted by Gasteiger charge is 2.05. The lowest BCUT2D eigenvalue weighted by Gasteiger charge is -2.03. The van der Waals surface area contributed by atoms with Crippen LogP contribution in [0.5, 0.6) is 0 Å². The second kappa shape index (κ2) is 4.38. The molecule has 0 atom stereocenters. The number of pyridine rings is 1. The zero-order valence-corrected chi connectivity index (χ0v) is 10.9. The third kappa shape index (κ3) is 1.95. The summed E-state index contributed by atoms with van der Waals surface area (Å²) in [5.74, 6) is 0. The Labute approximate surface area is 110 Å². The lowest BCUT2D eigenvalue weighted by molar-refractivity contribution is 0.785. The van der Waals surface area contributed by atoms with E-state index in [0.717, 1.165) is 21.5 Å². The molecule has 18 heavy (non-hydrogen) atoms. The maximum Gasteiger partial charge on any atom is 0.178 e. The van der Waals surface area contributed by atoms with Gasteiger partial charge in [0.1, 0.15) is 0 Å². The van der Waals surface area contributed by atoms with Gasteiger partial charge in [-0.1, -0.05) is 12.1 Å². The maximum absolute atomic E-state index is 5.37. The summed E-state index contributed by atoms with van der Waals surface area (Å²) >= 11 is 5.37. The van der Waals surface area contributed by atoms with Crippen LogP contribution in [0, 0.1) is 11.7 Å². The summed E-state index contributed by atoms with van der Waals surface area (Å²) in [4.78, 5) is 7.58. The van der Waals surface area contributed by atoms with E-state index in [1.807, 2.05) is 18.2 Å². The molecular weight excluding hydrogens is 242 g/mol. The number of aryl methyl sites for hydroxylation is 1. The zero-order valence-electron chi connectivity index (χ0n) is 10.1. The first-order valence-corrected chi connectivity index (χ1v) is 6.24. The Morgan fingerprint density at radius 1 is 1.28 bits per heavy atom. The minimum absolute atomic E-state index is 0.697. The van der Waals surface area contributed by atoms with Gasteiger partial charge < -0.3 is 9.55 Å². The van der Waals surface area contributed by atoms with Crippen molar-refractivity contribution in [3.63, 3.8) is 0 Å². The molecule has 0 aliphatic rings. The molecule has 2 aromatic heterocycles. The van der Waals surface area contributed by atoms with Gasteiger partial charge in [0.25, 0.3) is 0 Å². The van der Waals surface area contributed by atoms with Crippen LogP contribution in [0.4, 0.5) is 0 Å². The zero-order chi connectivity index (χ0) is 12.5. The molecule has 0 spiro atoms. The number of hydrogen-bond donors (Lipinski definition) is 1. The van der Waals surface area contributed by atoms with Gasteiger partial charge in [-0.2, -0.15) is 0 Å². The smallest absolute Gasteiger partial charge is 0.178 e. The summed E-state index contributed by atoms with van der Waals surface area (Å²) in [6.07, 6.45) is 1.80. The summed E-state index contributed by atoms with van der Waals surface area (Å²) < 4.78 is 2.81. The fraction of sp³-hybridized carbons (Fsp3) is 0.143. The first kappa shape index (κ1) is 11.2. The molecule has 0 unspecified atom stereocenters. The first-order chi connectivity index (χ1) is 8.74. The minimum atomic E-state index is 0.697. The number of nitrogens with zero attached hydrogens (tertiary/aromatic N) is 2. The van der Waals surface area contributed by atoms with E-state index in [4.69, 9.17) is 12.2 Å². The molecule has 0 fully saturated rings. The average Bonchev–Trinajstić information content (AvgIpc) is 2.66. The molecular formula is C14H13N3S. The Morgan fingerprint density at radius 3 is 2.94 bits per heavy atom. The molecule has 0 amide bonds. The highest BCUT2D eigenvalue weighted by molar-refractivity contribution is 7.71. The molecule has 3 aromatic rings. The van der Waals surface area contributed by atoms with E-state index in [1.165, 1.54) is 5.56 Å². The van der Waals surface area contributed by atoms with E-state index >= 15 is 0 Å². The molecule has 90 valence electrons. The van der Waals surface area contributed by atoms with Gasteiger partial charge in [-0.15, -0.1) is 0 Å². The average molecular weight is 255 g/mol. The van der Waals surface area contributed by atoms with E-state index in [0.29, 0.717) is 6.54 Å². The molecule has 0 aliphatic carbocycles. The van der Waals surface area contributed by atoms with Crippen molar-refractivity contribution >= 4 is 23.3 Å². The van der Waals surface area contributed by atoms with Crippen molar-refractivity contribution in [2.45, 2.75) is 13.5 Å². The highest BCUT2D eigenvalue weighted by atomic mass is 32.1. The van der Waals surface area contributed by atoms with Crippen molar-refractivity contribution in [3.8, 4) is 0 Å². The van der Waals surface area contributed by atoms with Gasteiger partial charge in [0, 0.05) is 6.20 Å². The fourth-order valence-corrected chi connectivity index (χ4v) is 2.36. The van der Waals surface area contributed by atoms with Gasteiger partial charge in [-0.25, -0.2) is 0 Å². The number of rotatable bonds is 2. The summed E-state index contributed by atoms with van der Waals surface area (Å²) in [6.45, 7) is 2.77. The third-order valence-electron chi connectivity index (χ3n) is 2.98. The van der Waals surface area contributed by atoms with Crippen LogP contribution in [0.3, 0.4) is 0 Å². The van der Waals surface area contributed by atoms with Gasteiger partial charge in [0.2, 0.25) is 0 Å². The van der Waals surface area contributed by atoms with Gasteiger partial charge in [0.05, 0.1) is 23.3 Å². The molecule has 3 rings (SSSR count). The molecule has 2 heterocycles. The van der Waals surface area contributed by atoms with Crippen molar-refractivity contribution in [2.75, 3.05) is 0 Å². The predicted octanol–water partition coefficient (Wildman–Crippen LogP) is 3.45. The topological polar surface area (TPSA) is 33.6 Å². The van der Waals surface area contributed by atoms with Gasteiger partial charge in [0.15, 0.2) is 4.77 Å². The van der Waals surface area contributed by atoms with Crippen molar-refractivity contribution in [1.82, 2.24) is 14.5 Å². The Hall–Kier alpha value is -1.94. The molecule has 1 aromatic carbocycles. The number of benzene rings is 1. The van der Waals surface area contributed by atoms with Gasteiger partial charge >= 0.3 is 0 Å². The van der Waals surface area contributed by atoms with Crippen LogP contribution in [-0.2, 0) is 6.54 Å². The maximum atomic E-state index is 5.37. The number of nitrogens with one attached hydrogen (secondary N) is 1. The lowest BCUT2D eigenvalue weighted by Crippen LogP contribution is -2.01. The van der Waals surface area contributed by atoms with Crippen molar-refractivity contribution in [1.29, 1.82) is 0 Å². The van der Waals surface area contributed by atoms with E-state index in [1.54, 1.807) is 6.20 Å². The Kier molecular flexibility index (Phi) is 2.72. The standard InChI is InChI=1S/C14H13N3S/c1-10-5-6-13-12(8-10)16-14(18)17(13)9-11-4-2-3-7-15-11/h2-8H,9H2,1H3,(H,16,18). The molecule has 0 saturated heterocycles. The van der Waals surface area contributed by atoms with Gasteiger partial charge in [-0.05, 0) is 49.0 Å². The largest absolute Gasteiger partial charge is 0.331 e. The lowest BCUT2D eigenvalue weighted by atomic mass is 10.2. The van der Waals surface area contributed by atoms with Crippen LogP contribution in [0.25, 0.3) is 11.0 Å². The number of aromatic nitrogens is 3. The van der Waals surface area contributed by atoms with E-state index < -0.39 is 0 Å². The van der Waals surface area contributed by atoms with Crippen LogP contribution in [0.1, 0.15) is 11.3 Å². The Balaban J connectivity index is 2.12. The van der Waals surface area contributed by atoms with Crippen LogP contribution in [0.15, 0.2) is 42.6 Å². The molecule has 0 saturated carbocycles. The monoisotopic (exact) mass is 255 g/mol. The van der Waals surface area contributed by atoms with Crippen LogP contribution >= 0.6 is 12.2 Å². The second-order valence-corrected chi connectivity index (χ2v) is 4.74. The molecule has 0 bridgehead atoms. The fourth-order valence-electron chi connectivity index (χ4n) is 2.09. The van der Waals surface area contributed by atoms with E-state index in [2.05, 4.69) is 39.7 Å². The Morgan fingerprint density at radius 2 is 2.17 bits per heavy atom. The number of aromatic amines is 1. The normalized spacial score (nSPS) is 10.9. The van der Waals surface area contributed by atoms with Crippen molar-refractivity contribution in [3.05, 3.63) is 58.6 Å².